The van der Waals surface area contributed by atoms with Crippen molar-refractivity contribution in [2.75, 3.05) is 0 Å². The van der Waals surface area contributed by atoms with Crippen LogP contribution in [-0.4, -0.2) is 73.7 Å². The third-order valence-electron chi connectivity index (χ3n) is 8.14. The molecule has 1 rings (SSSR count). The largest absolute Gasteiger partial charge is 0.408 e. The zero-order valence-electron chi connectivity index (χ0n) is 22.5. The summed E-state index contributed by atoms with van der Waals surface area (Å²) in [5.41, 5.74) is 1.58. The topological polar surface area (TPSA) is 99.4 Å². The molecule has 0 aliphatic heterocycles. The normalized spacial score (nSPS) is 30.6. The van der Waals surface area contributed by atoms with E-state index in [2.05, 4.69) is 83.1 Å². The van der Waals surface area contributed by atoms with Crippen molar-refractivity contribution in [2.24, 2.45) is 0 Å². The van der Waals surface area contributed by atoms with Gasteiger partial charge in [0.1, 0.15) is 36.6 Å². The fraction of sp³-hybridized carbons (Fsp3) is 1.00. The highest BCUT2D eigenvalue weighted by molar-refractivity contribution is 6.78. The van der Waals surface area contributed by atoms with Crippen LogP contribution in [0.3, 0.4) is 0 Å². The summed E-state index contributed by atoms with van der Waals surface area (Å²) in [5, 5.41) is 43.4. The molecule has 0 heterocycles. The second kappa shape index (κ2) is 11.3. The Hall–Kier alpha value is 0.194. The first kappa shape index (κ1) is 30.2. The zero-order chi connectivity index (χ0) is 25.3. The number of hydrogen-bond acceptors (Lipinski definition) is 6. The smallest absolute Gasteiger partial charge is 0.201 e. The van der Waals surface area contributed by atoms with Crippen LogP contribution < -0.4 is 0 Å². The van der Waals surface area contributed by atoms with E-state index in [4.69, 9.17) is 8.85 Å². The molecule has 0 spiro atoms. The third kappa shape index (κ3) is 5.22. The standard InChI is InChI=1S/C24H52O6Si2/c1-13(2)31(14(3)4,15(5)6)29-23-21(27)19(25)20(26)22(28)24(23)30-32(16(7)8,17(9)10)18(11)12/h13-28H,1-12H3/t19-,20+,21-,22-,23+,24+/m0/s1. The molecule has 32 heavy (non-hydrogen) atoms. The quantitative estimate of drug-likeness (QED) is 0.334. The van der Waals surface area contributed by atoms with Gasteiger partial charge in [-0.3, -0.25) is 0 Å². The Morgan fingerprint density at radius 3 is 0.750 bits per heavy atom. The van der Waals surface area contributed by atoms with Crippen molar-refractivity contribution < 1.29 is 29.3 Å². The van der Waals surface area contributed by atoms with Gasteiger partial charge >= 0.3 is 0 Å². The summed E-state index contributed by atoms with van der Waals surface area (Å²) in [6.45, 7) is 25.9. The van der Waals surface area contributed by atoms with E-state index < -0.39 is 53.3 Å². The fourth-order valence-electron chi connectivity index (χ4n) is 6.74. The van der Waals surface area contributed by atoms with E-state index in [0.717, 1.165) is 0 Å². The van der Waals surface area contributed by atoms with E-state index in [1.54, 1.807) is 0 Å². The predicted octanol–water partition coefficient (Wildman–Crippen LogP) is 4.57. The van der Waals surface area contributed by atoms with E-state index in [0.29, 0.717) is 0 Å². The van der Waals surface area contributed by atoms with Crippen LogP contribution in [-0.2, 0) is 8.85 Å². The number of hydrogen-bond donors (Lipinski definition) is 4. The van der Waals surface area contributed by atoms with Crippen molar-refractivity contribution in [1.82, 2.24) is 0 Å². The average molecular weight is 493 g/mol. The highest BCUT2D eigenvalue weighted by Crippen LogP contribution is 2.48. The van der Waals surface area contributed by atoms with Crippen LogP contribution in [0.15, 0.2) is 0 Å². The van der Waals surface area contributed by atoms with Crippen LogP contribution >= 0.6 is 0 Å². The number of aliphatic hydroxyl groups is 4. The molecule has 1 aliphatic carbocycles. The maximum Gasteiger partial charge on any atom is 0.201 e. The van der Waals surface area contributed by atoms with Crippen LogP contribution in [0.2, 0.25) is 33.2 Å². The van der Waals surface area contributed by atoms with Gasteiger partial charge in [-0.25, -0.2) is 0 Å². The van der Waals surface area contributed by atoms with Crippen LogP contribution in [0.5, 0.6) is 0 Å². The van der Waals surface area contributed by atoms with Crippen molar-refractivity contribution in [2.45, 2.75) is 153 Å². The molecule has 0 aromatic carbocycles. The molecule has 0 aromatic rings. The summed E-state index contributed by atoms with van der Waals surface area (Å²) < 4.78 is 13.8. The highest BCUT2D eigenvalue weighted by atomic mass is 28.4. The minimum Gasteiger partial charge on any atom is -0.408 e. The molecule has 4 N–H and O–H groups in total. The Kier molecular flexibility index (Phi) is 10.7. The third-order valence-corrected chi connectivity index (χ3v) is 20.3. The van der Waals surface area contributed by atoms with E-state index in [1.807, 2.05) is 0 Å². The van der Waals surface area contributed by atoms with Crippen LogP contribution in [0.4, 0.5) is 0 Å². The molecule has 0 saturated heterocycles. The van der Waals surface area contributed by atoms with Gasteiger partial charge in [-0.2, -0.15) is 0 Å². The summed E-state index contributed by atoms with van der Waals surface area (Å²) in [5.74, 6) is 0. The summed E-state index contributed by atoms with van der Waals surface area (Å²) in [6.07, 6.45) is -7.43. The van der Waals surface area contributed by atoms with Crippen molar-refractivity contribution in [3.63, 3.8) is 0 Å². The first-order chi connectivity index (χ1) is 14.5. The van der Waals surface area contributed by atoms with Gasteiger partial charge in [-0.15, -0.1) is 0 Å². The van der Waals surface area contributed by atoms with Crippen molar-refractivity contribution in [3.05, 3.63) is 0 Å². The lowest BCUT2D eigenvalue weighted by atomic mass is 9.85. The maximum atomic E-state index is 11.1. The van der Waals surface area contributed by atoms with Gasteiger partial charge < -0.3 is 29.3 Å². The SMILES string of the molecule is CC(C)[Si](O[C@@H]1[C@@H](O)[C@H](O)[C@H](O)[C@H](O)[C@H]1O[Si](C(C)C)(C(C)C)C(C)C)(C(C)C)C(C)C. The Morgan fingerprint density at radius 2 is 0.594 bits per heavy atom. The number of rotatable bonds is 10. The minimum atomic E-state index is -2.47. The lowest BCUT2D eigenvalue weighted by Gasteiger charge is -2.54. The lowest BCUT2D eigenvalue weighted by Crippen LogP contribution is -2.70. The molecule has 0 aromatic heterocycles. The molecule has 0 bridgehead atoms. The Morgan fingerprint density at radius 1 is 0.406 bits per heavy atom. The van der Waals surface area contributed by atoms with Gasteiger partial charge in [0.25, 0.3) is 0 Å². The minimum absolute atomic E-state index is 0.263. The van der Waals surface area contributed by atoms with Crippen LogP contribution in [0, 0.1) is 0 Å². The molecule has 1 saturated carbocycles. The van der Waals surface area contributed by atoms with Gasteiger partial charge in [-0.05, 0) is 33.2 Å². The summed E-state index contributed by atoms with van der Waals surface area (Å²) in [6, 6.07) is 0. The Bertz CT molecular complexity index is 487. The molecule has 0 radical (unpaired) electrons. The molecule has 192 valence electrons. The lowest BCUT2D eigenvalue weighted by molar-refractivity contribution is -0.216. The molecule has 0 amide bonds. The van der Waals surface area contributed by atoms with Gasteiger partial charge in [0.2, 0.25) is 16.6 Å². The predicted molar refractivity (Wildman–Crippen MR) is 136 cm³/mol. The van der Waals surface area contributed by atoms with Crippen LogP contribution in [0.25, 0.3) is 0 Å². The molecule has 1 aliphatic rings. The monoisotopic (exact) mass is 492 g/mol. The summed E-state index contributed by atoms with van der Waals surface area (Å²) in [7, 11) is -4.93. The van der Waals surface area contributed by atoms with Crippen molar-refractivity contribution in [1.29, 1.82) is 0 Å². The second-order valence-corrected chi connectivity index (χ2v) is 22.6. The van der Waals surface area contributed by atoms with E-state index >= 15 is 0 Å². The zero-order valence-corrected chi connectivity index (χ0v) is 24.5. The van der Waals surface area contributed by atoms with Gasteiger partial charge in [0.05, 0.1) is 0 Å². The average Bonchev–Trinajstić information content (AvgIpc) is 2.65. The van der Waals surface area contributed by atoms with E-state index in [-0.39, 0.29) is 33.2 Å². The fourth-order valence-corrected chi connectivity index (χ4v) is 17.9. The summed E-state index contributed by atoms with van der Waals surface area (Å²) >= 11 is 0. The first-order valence-corrected chi connectivity index (χ1v) is 16.9. The maximum absolute atomic E-state index is 11.1. The van der Waals surface area contributed by atoms with Gasteiger partial charge in [0.15, 0.2) is 0 Å². The second-order valence-electron chi connectivity index (χ2n) is 11.8. The Labute approximate surface area is 199 Å². The first-order valence-electron chi connectivity index (χ1n) is 12.6. The molecular formula is C24H52O6Si2. The molecule has 6 nitrogen and oxygen atoms in total. The molecule has 1 fully saturated rings. The van der Waals surface area contributed by atoms with E-state index in [9.17, 15) is 20.4 Å². The van der Waals surface area contributed by atoms with Crippen LogP contribution in [0.1, 0.15) is 83.1 Å². The van der Waals surface area contributed by atoms with Gasteiger partial charge in [0, 0.05) is 0 Å². The summed E-state index contributed by atoms with van der Waals surface area (Å²) in [4.78, 5) is 0. The molecular weight excluding hydrogens is 440 g/mol. The van der Waals surface area contributed by atoms with Crippen molar-refractivity contribution in [3.8, 4) is 0 Å². The van der Waals surface area contributed by atoms with Crippen molar-refractivity contribution >= 4 is 16.6 Å². The van der Waals surface area contributed by atoms with Gasteiger partial charge in [-0.1, -0.05) is 83.1 Å². The molecule has 6 atom stereocenters. The van der Waals surface area contributed by atoms with E-state index in [1.165, 1.54) is 0 Å². The highest BCUT2D eigenvalue weighted by Gasteiger charge is 2.58. The number of aliphatic hydroxyl groups excluding tert-OH is 4. The Balaban J connectivity index is 3.63. The molecule has 0 unspecified atom stereocenters. The molecule has 8 heteroatoms.